The number of hydrogen-bond acceptors (Lipinski definition) is 6. The molecular formula is C21H26BrNO6. The van der Waals surface area contributed by atoms with E-state index >= 15 is 0 Å². The van der Waals surface area contributed by atoms with Crippen LogP contribution < -0.4 is 10.1 Å². The van der Waals surface area contributed by atoms with Crippen LogP contribution in [0, 0.1) is 0 Å². The molecule has 2 aromatic carbocycles. The third-order valence-corrected chi connectivity index (χ3v) is 4.55. The summed E-state index contributed by atoms with van der Waals surface area (Å²) in [5.74, 6) is 0.594. The molecule has 0 bridgehead atoms. The molecule has 0 saturated carbocycles. The van der Waals surface area contributed by atoms with Gasteiger partial charge < -0.3 is 24.4 Å². The number of amides is 1. The molecule has 2 aromatic rings. The van der Waals surface area contributed by atoms with Gasteiger partial charge in [0.25, 0.3) is 0 Å². The second-order valence-electron chi connectivity index (χ2n) is 6.10. The Balaban J connectivity index is 2.17. The fourth-order valence-electron chi connectivity index (χ4n) is 2.74. The van der Waals surface area contributed by atoms with Gasteiger partial charge in [0.1, 0.15) is 18.5 Å². The number of benzene rings is 2. The molecule has 3 N–H and O–H groups in total. The Morgan fingerprint density at radius 3 is 2.34 bits per heavy atom. The molecule has 0 fully saturated rings. The summed E-state index contributed by atoms with van der Waals surface area (Å²) in [7, 11) is 0. The first-order chi connectivity index (χ1) is 14.1. The van der Waals surface area contributed by atoms with Crippen molar-refractivity contribution < 1.29 is 29.2 Å². The third kappa shape index (κ3) is 7.66. The Labute approximate surface area is 178 Å². The maximum atomic E-state index is 12.5. The summed E-state index contributed by atoms with van der Waals surface area (Å²) in [6.45, 7) is 2.27. The number of ether oxygens (including phenoxy) is 3. The van der Waals surface area contributed by atoms with Gasteiger partial charge in [-0.05, 0) is 48.9 Å². The summed E-state index contributed by atoms with van der Waals surface area (Å²) in [6.07, 6.45) is -1.54. The van der Waals surface area contributed by atoms with Gasteiger partial charge in [-0.3, -0.25) is 5.32 Å². The minimum absolute atomic E-state index is 0.0768. The first-order valence-corrected chi connectivity index (χ1v) is 10.2. The summed E-state index contributed by atoms with van der Waals surface area (Å²) in [6, 6.07) is 14.1. The second kappa shape index (κ2) is 12.4. The monoisotopic (exact) mass is 467 g/mol. The van der Waals surface area contributed by atoms with Crippen LogP contribution in [0.5, 0.6) is 5.75 Å². The average Bonchev–Trinajstić information content (AvgIpc) is 2.72. The number of carbonyl (C=O) groups excluding carboxylic acids is 1. The van der Waals surface area contributed by atoms with E-state index < -0.39 is 18.3 Å². The molecule has 0 saturated heterocycles. The molecule has 7 nitrogen and oxygen atoms in total. The Bertz CT molecular complexity index is 732. The molecule has 29 heavy (non-hydrogen) atoms. The van der Waals surface area contributed by atoms with Crippen molar-refractivity contribution in [1.82, 2.24) is 0 Å². The fourth-order valence-corrected chi connectivity index (χ4v) is 3.00. The number of halogens is 1. The topological polar surface area (TPSA) is 97.2 Å². The summed E-state index contributed by atoms with van der Waals surface area (Å²) in [5.41, 5.74) is 1.30. The third-order valence-electron chi connectivity index (χ3n) is 4.03. The Kier molecular flexibility index (Phi) is 9.93. The molecule has 0 unspecified atom stereocenters. The Hall–Kier alpha value is -2.13. The van der Waals surface area contributed by atoms with Gasteiger partial charge >= 0.3 is 6.09 Å². The zero-order valence-corrected chi connectivity index (χ0v) is 17.8. The van der Waals surface area contributed by atoms with Crippen molar-refractivity contribution in [3.05, 3.63) is 58.6 Å². The molecule has 2 rings (SSSR count). The number of hydrogen-bond donors (Lipinski definition) is 3. The summed E-state index contributed by atoms with van der Waals surface area (Å²) < 4.78 is 17.7. The highest BCUT2D eigenvalue weighted by Crippen LogP contribution is 2.28. The van der Waals surface area contributed by atoms with E-state index in [0.29, 0.717) is 30.0 Å². The number of anilines is 1. The maximum absolute atomic E-state index is 12.5. The van der Waals surface area contributed by atoms with Gasteiger partial charge in [-0.25, -0.2) is 4.79 Å². The normalized spacial score (nSPS) is 12.8. The molecule has 158 valence electrons. The van der Waals surface area contributed by atoms with Crippen LogP contribution in [0.4, 0.5) is 10.5 Å². The smallest absolute Gasteiger partial charge is 0.412 e. The molecule has 1 amide bonds. The van der Waals surface area contributed by atoms with E-state index in [9.17, 15) is 9.90 Å². The Morgan fingerprint density at radius 1 is 1.07 bits per heavy atom. The minimum atomic E-state index is -0.718. The van der Waals surface area contributed by atoms with Crippen LogP contribution in [0.25, 0.3) is 0 Å². The van der Waals surface area contributed by atoms with E-state index in [2.05, 4.69) is 21.2 Å². The molecule has 0 aliphatic rings. The number of rotatable bonds is 11. The molecule has 0 spiro atoms. The number of aliphatic hydroxyl groups excluding tert-OH is 2. The molecule has 8 heteroatoms. The molecule has 2 atom stereocenters. The lowest BCUT2D eigenvalue weighted by Gasteiger charge is -2.27. The molecule has 0 aliphatic heterocycles. The highest BCUT2D eigenvalue weighted by Gasteiger charge is 2.27. The first kappa shape index (κ1) is 23.2. The lowest BCUT2D eigenvalue weighted by Crippen LogP contribution is -2.29. The van der Waals surface area contributed by atoms with Crippen molar-refractivity contribution in [1.29, 1.82) is 0 Å². The predicted molar refractivity (Wildman–Crippen MR) is 113 cm³/mol. The van der Waals surface area contributed by atoms with Crippen LogP contribution in [-0.2, 0) is 9.47 Å². The van der Waals surface area contributed by atoms with Gasteiger partial charge in [0, 0.05) is 29.8 Å². The van der Waals surface area contributed by atoms with Gasteiger partial charge in [-0.1, -0.05) is 28.1 Å². The predicted octanol–water partition coefficient (Wildman–Crippen LogP) is 3.90. The summed E-state index contributed by atoms with van der Waals surface area (Å²) in [4.78, 5) is 12.5. The van der Waals surface area contributed by atoms with Crippen LogP contribution in [0.2, 0.25) is 0 Å². The van der Waals surface area contributed by atoms with E-state index in [1.54, 1.807) is 36.4 Å². The van der Waals surface area contributed by atoms with Crippen molar-refractivity contribution in [2.45, 2.75) is 25.6 Å². The van der Waals surface area contributed by atoms with E-state index in [1.807, 2.05) is 19.1 Å². The number of carbonyl (C=O) groups is 1. The van der Waals surface area contributed by atoms with Gasteiger partial charge in [0.15, 0.2) is 6.10 Å². The van der Waals surface area contributed by atoms with Gasteiger partial charge in [-0.15, -0.1) is 0 Å². The quantitative estimate of drug-likeness (QED) is 0.463. The average molecular weight is 468 g/mol. The lowest BCUT2D eigenvalue weighted by molar-refractivity contribution is -0.0484. The van der Waals surface area contributed by atoms with E-state index in [1.165, 1.54) is 0 Å². The zero-order valence-electron chi connectivity index (χ0n) is 16.2. The maximum Gasteiger partial charge on any atom is 0.412 e. The van der Waals surface area contributed by atoms with Gasteiger partial charge in [0.2, 0.25) is 0 Å². The van der Waals surface area contributed by atoms with E-state index in [4.69, 9.17) is 19.3 Å². The molecule has 0 aliphatic carbocycles. The van der Waals surface area contributed by atoms with Gasteiger partial charge in [-0.2, -0.15) is 0 Å². The molecular weight excluding hydrogens is 442 g/mol. The van der Waals surface area contributed by atoms with E-state index in [-0.39, 0.29) is 19.8 Å². The van der Waals surface area contributed by atoms with Crippen LogP contribution in [0.3, 0.4) is 0 Å². The van der Waals surface area contributed by atoms with Crippen LogP contribution >= 0.6 is 15.9 Å². The molecule has 0 heterocycles. The number of nitrogens with one attached hydrogen (secondary N) is 1. The van der Waals surface area contributed by atoms with Crippen LogP contribution in [0.15, 0.2) is 53.0 Å². The summed E-state index contributed by atoms with van der Waals surface area (Å²) in [5, 5.41) is 21.0. The van der Waals surface area contributed by atoms with Gasteiger partial charge in [0.05, 0.1) is 6.61 Å². The largest absolute Gasteiger partial charge is 0.491 e. The molecule has 0 radical (unpaired) electrons. The Morgan fingerprint density at radius 2 is 1.76 bits per heavy atom. The van der Waals surface area contributed by atoms with Crippen LogP contribution in [-0.4, -0.2) is 48.8 Å². The highest BCUT2D eigenvalue weighted by molar-refractivity contribution is 9.10. The van der Waals surface area contributed by atoms with E-state index in [0.717, 1.165) is 4.47 Å². The standard InChI is InChI=1S/C21H26BrNO6/c1-2-27-19(11-12-24)20(15-3-9-18(10-4-15)28-14-13-25)29-21(26)23-17-7-5-16(22)6-8-17/h3-10,19-20,24-25H,2,11-14H2,1H3,(H,23,26)/t19-,20-/m1/s1. The number of aliphatic hydroxyl groups is 2. The van der Waals surface area contributed by atoms with Crippen molar-refractivity contribution in [2.24, 2.45) is 0 Å². The highest BCUT2D eigenvalue weighted by atomic mass is 79.9. The second-order valence-corrected chi connectivity index (χ2v) is 7.02. The zero-order chi connectivity index (χ0) is 21.1. The minimum Gasteiger partial charge on any atom is -0.491 e. The van der Waals surface area contributed by atoms with Crippen molar-refractivity contribution >= 4 is 27.7 Å². The molecule has 0 aromatic heterocycles. The lowest BCUT2D eigenvalue weighted by atomic mass is 10.0. The van der Waals surface area contributed by atoms with Crippen molar-refractivity contribution in [2.75, 3.05) is 31.7 Å². The summed E-state index contributed by atoms with van der Waals surface area (Å²) >= 11 is 3.35. The van der Waals surface area contributed by atoms with Crippen LogP contribution in [0.1, 0.15) is 25.0 Å². The van der Waals surface area contributed by atoms with Crippen molar-refractivity contribution in [3.63, 3.8) is 0 Å². The first-order valence-electron chi connectivity index (χ1n) is 9.36. The van der Waals surface area contributed by atoms with Crippen molar-refractivity contribution in [3.8, 4) is 5.75 Å². The fraction of sp³-hybridized carbons (Fsp3) is 0.381. The SMILES string of the molecule is CCO[C@H](CCO)[C@H](OC(=O)Nc1ccc(Br)cc1)c1ccc(OCCO)cc1.